The number of aliphatic hydroxyl groups excluding tert-OH is 1. The molecular weight excluding hydrogens is 416 g/mol. The van der Waals surface area contributed by atoms with E-state index in [1.807, 2.05) is 6.07 Å². The number of carboxylic acid groups (broad SMARTS) is 1. The Morgan fingerprint density at radius 2 is 1.90 bits per heavy atom. The second-order valence-corrected chi connectivity index (χ2v) is 6.46. The number of alkyl halides is 3. The van der Waals surface area contributed by atoms with E-state index in [2.05, 4.69) is 13.7 Å². The monoisotopic (exact) mass is 432 g/mol. The number of nitrogens with zero attached hydrogens (tertiary/aromatic N) is 3. The van der Waals surface area contributed by atoms with Crippen molar-refractivity contribution in [3.63, 3.8) is 0 Å². The molecule has 156 valence electrons. The number of pyridine rings is 1. The second kappa shape index (κ2) is 9.67. The van der Waals surface area contributed by atoms with E-state index < -0.39 is 12.1 Å². The third kappa shape index (κ3) is 6.14. The summed E-state index contributed by atoms with van der Waals surface area (Å²) in [5.41, 5.74) is 9.16. The smallest absolute Gasteiger partial charge is 0.475 e. The molecule has 4 N–H and O–H groups in total. The summed E-state index contributed by atoms with van der Waals surface area (Å²) in [6, 6.07) is 6.79. The van der Waals surface area contributed by atoms with Gasteiger partial charge in [-0.15, -0.1) is 0 Å². The predicted octanol–water partition coefficient (Wildman–Crippen LogP) is 2.64. The van der Waals surface area contributed by atoms with Crippen LogP contribution in [0.25, 0.3) is 22.3 Å². The molecule has 0 spiro atoms. The number of aliphatic hydroxyl groups is 1. The van der Waals surface area contributed by atoms with E-state index in [-0.39, 0.29) is 18.3 Å². The molecular formula is C17H16F4N4O3S. The summed E-state index contributed by atoms with van der Waals surface area (Å²) in [6.45, 7) is 0.260. The molecule has 12 heteroatoms. The zero-order valence-electron chi connectivity index (χ0n) is 14.7. The number of nitrogens with two attached hydrogens (primary N) is 1. The number of aliphatic carboxylic acids is 1. The molecule has 0 saturated carbocycles. The molecule has 0 aliphatic carbocycles. The Morgan fingerprint density at radius 1 is 1.21 bits per heavy atom. The molecule has 1 aromatic carbocycles. The van der Waals surface area contributed by atoms with Gasteiger partial charge in [0.25, 0.3) is 0 Å². The fraction of sp³-hybridized carbons (Fsp3) is 0.294. The summed E-state index contributed by atoms with van der Waals surface area (Å²) >= 11 is 1.11. The summed E-state index contributed by atoms with van der Waals surface area (Å²) in [6.07, 6.45) is -2.98. The van der Waals surface area contributed by atoms with Crippen LogP contribution in [-0.2, 0) is 11.2 Å². The summed E-state index contributed by atoms with van der Waals surface area (Å²) in [5, 5.41) is 16.4. The van der Waals surface area contributed by atoms with Gasteiger partial charge in [-0.2, -0.15) is 21.9 Å². The zero-order chi connectivity index (χ0) is 21.6. The minimum Gasteiger partial charge on any atom is -0.475 e. The van der Waals surface area contributed by atoms with Crippen LogP contribution in [0.15, 0.2) is 30.5 Å². The molecule has 3 rings (SSSR count). The van der Waals surface area contributed by atoms with Crippen LogP contribution in [0.1, 0.15) is 5.56 Å². The lowest BCUT2D eigenvalue weighted by Crippen LogP contribution is -2.21. The normalized spacial score (nSPS) is 12.3. The van der Waals surface area contributed by atoms with Crippen LogP contribution in [-0.4, -0.2) is 49.2 Å². The molecule has 0 aliphatic heterocycles. The molecule has 0 fully saturated rings. The molecule has 2 aromatic heterocycles. The van der Waals surface area contributed by atoms with E-state index >= 15 is 0 Å². The molecule has 1 unspecified atom stereocenters. The molecule has 0 aliphatic rings. The lowest BCUT2D eigenvalue weighted by atomic mass is 9.96. The van der Waals surface area contributed by atoms with Crippen LogP contribution < -0.4 is 5.73 Å². The molecule has 0 amide bonds. The number of halogens is 4. The van der Waals surface area contributed by atoms with Crippen LogP contribution >= 0.6 is 11.7 Å². The van der Waals surface area contributed by atoms with Gasteiger partial charge in [0, 0.05) is 18.4 Å². The van der Waals surface area contributed by atoms with E-state index in [0.29, 0.717) is 24.2 Å². The minimum absolute atomic E-state index is 0.0574. The van der Waals surface area contributed by atoms with Crippen molar-refractivity contribution >= 4 is 28.9 Å². The molecule has 1 atom stereocenters. The first-order chi connectivity index (χ1) is 13.7. The van der Waals surface area contributed by atoms with Crippen LogP contribution in [0, 0.1) is 11.7 Å². The van der Waals surface area contributed by atoms with Gasteiger partial charge in [0.2, 0.25) is 0 Å². The Morgan fingerprint density at radius 3 is 2.48 bits per heavy atom. The number of rotatable bonds is 5. The average Bonchev–Trinajstić information content (AvgIpc) is 3.15. The molecule has 0 radical (unpaired) electrons. The van der Waals surface area contributed by atoms with Gasteiger partial charge in [-0.3, -0.25) is 0 Å². The van der Waals surface area contributed by atoms with Crippen molar-refractivity contribution < 1.29 is 32.6 Å². The van der Waals surface area contributed by atoms with Gasteiger partial charge >= 0.3 is 12.1 Å². The van der Waals surface area contributed by atoms with Crippen molar-refractivity contribution in [3.8, 4) is 11.1 Å². The van der Waals surface area contributed by atoms with Gasteiger partial charge in [0.1, 0.15) is 11.3 Å². The number of fused-ring (bicyclic) bond motifs is 1. The van der Waals surface area contributed by atoms with Gasteiger partial charge in [0.05, 0.1) is 11.7 Å². The molecule has 29 heavy (non-hydrogen) atoms. The van der Waals surface area contributed by atoms with Crippen molar-refractivity contribution in [2.45, 2.75) is 12.6 Å². The molecule has 0 saturated heterocycles. The first kappa shape index (κ1) is 22.6. The van der Waals surface area contributed by atoms with Crippen molar-refractivity contribution in [3.05, 3.63) is 41.8 Å². The lowest BCUT2D eigenvalue weighted by Gasteiger charge is -2.13. The fourth-order valence-electron chi connectivity index (χ4n) is 2.29. The number of benzene rings is 1. The summed E-state index contributed by atoms with van der Waals surface area (Å²) < 4.78 is 53.9. The minimum atomic E-state index is -5.08. The molecule has 7 nitrogen and oxygen atoms in total. The summed E-state index contributed by atoms with van der Waals surface area (Å²) in [5.74, 6) is -3.19. The maximum atomic E-state index is 14.0. The van der Waals surface area contributed by atoms with E-state index in [1.165, 1.54) is 6.07 Å². The van der Waals surface area contributed by atoms with Crippen LogP contribution in [0.3, 0.4) is 0 Å². The van der Waals surface area contributed by atoms with Crippen LogP contribution in [0.5, 0.6) is 0 Å². The van der Waals surface area contributed by atoms with Gasteiger partial charge in [-0.1, -0.05) is 6.07 Å². The van der Waals surface area contributed by atoms with Crippen molar-refractivity contribution in [2.75, 3.05) is 13.2 Å². The highest BCUT2D eigenvalue weighted by Crippen LogP contribution is 2.25. The predicted molar refractivity (Wildman–Crippen MR) is 97.6 cm³/mol. The van der Waals surface area contributed by atoms with Crippen molar-refractivity contribution in [1.82, 2.24) is 13.7 Å². The maximum absolute atomic E-state index is 14.0. The Labute approximate surface area is 166 Å². The topological polar surface area (TPSA) is 122 Å². The Hall–Kier alpha value is -2.70. The highest BCUT2D eigenvalue weighted by atomic mass is 32.1. The second-order valence-electron chi connectivity index (χ2n) is 5.93. The largest absolute Gasteiger partial charge is 0.490 e. The number of carboxylic acids is 1. The molecule has 2 heterocycles. The van der Waals surface area contributed by atoms with Gasteiger partial charge in [-0.05, 0) is 48.2 Å². The number of hydrogen-bond acceptors (Lipinski definition) is 7. The third-order valence-corrected chi connectivity index (χ3v) is 4.37. The summed E-state index contributed by atoms with van der Waals surface area (Å²) in [7, 11) is 0. The number of hydrogen-bond donors (Lipinski definition) is 3. The van der Waals surface area contributed by atoms with Crippen molar-refractivity contribution in [1.29, 1.82) is 0 Å². The van der Waals surface area contributed by atoms with Gasteiger partial charge in [0.15, 0.2) is 5.65 Å². The quantitative estimate of drug-likeness (QED) is 0.530. The van der Waals surface area contributed by atoms with Gasteiger partial charge in [-0.25, -0.2) is 14.2 Å². The van der Waals surface area contributed by atoms with Crippen LogP contribution in [0.2, 0.25) is 0 Å². The van der Waals surface area contributed by atoms with Crippen molar-refractivity contribution in [2.24, 2.45) is 11.7 Å². The van der Waals surface area contributed by atoms with E-state index in [1.54, 1.807) is 18.3 Å². The highest BCUT2D eigenvalue weighted by Gasteiger charge is 2.38. The Bertz CT molecular complexity index is 977. The highest BCUT2D eigenvalue weighted by molar-refractivity contribution is 7.00. The Kier molecular flexibility index (Phi) is 7.53. The number of aromatic nitrogens is 3. The van der Waals surface area contributed by atoms with E-state index in [4.69, 9.17) is 15.6 Å². The first-order valence-electron chi connectivity index (χ1n) is 8.13. The first-order valence-corrected chi connectivity index (χ1v) is 8.86. The SMILES string of the molecule is NCC(CO)Cc1cc(-c2cnc3nsnc3c2)ccc1F.O=C(O)C(F)(F)F. The third-order valence-electron chi connectivity index (χ3n) is 3.84. The van der Waals surface area contributed by atoms with Gasteiger partial charge < -0.3 is 15.9 Å². The molecule has 0 bridgehead atoms. The van der Waals surface area contributed by atoms with E-state index in [0.717, 1.165) is 28.4 Å². The Balaban J connectivity index is 0.000000370. The zero-order valence-corrected chi connectivity index (χ0v) is 15.5. The fourth-order valence-corrected chi connectivity index (χ4v) is 2.77. The number of carbonyl (C=O) groups is 1. The molecule has 3 aromatic rings. The van der Waals surface area contributed by atoms with E-state index in [9.17, 15) is 22.7 Å². The summed E-state index contributed by atoms with van der Waals surface area (Å²) in [4.78, 5) is 13.1. The van der Waals surface area contributed by atoms with Crippen LogP contribution in [0.4, 0.5) is 17.6 Å². The standard InChI is InChI=1S/C15H15FN4OS.C2HF3O2/c16-13-2-1-10(4-11(13)3-9(6-17)8-21)12-5-14-15(18-7-12)20-22-19-14;3-2(4,5)1(6)7/h1-2,4-5,7,9,21H,3,6,8,17H2;(H,6,7). The maximum Gasteiger partial charge on any atom is 0.490 e. The lowest BCUT2D eigenvalue weighted by molar-refractivity contribution is -0.192. The average molecular weight is 432 g/mol.